The van der Waals surface area contributed by atoms with E-state index in [0.29, 0.717) is 25.7 Å². The topological polar surface area (TPSA) is 515 Å². The van der Waals surface area contributed by atoms with Gasteiger partial charge in [-0.15, -0.1) is 0 Å². The fourth-order valence-corrected chi connectivity index (χ4v) is 7.79. The monoisotopic (exact) mass is 1140 g/mol. The van der Waals surface area contributed by atoms with Crippen molar-refractivity contribution in [3.05, 3.63) is 0 Å². The number of nitrogens with two attached hydrogens (primary N) is 4. The van der Waals surface area contributed by atoms with E-state index in [1.807, 2.05) is 0 Å². The van der Waals surface area contributed by atoms with Crippen LogP contribution in [0.3, 0.4) is 0 Å². The number of amides is 10. The van der Waals surface area contributed by atoms with Gasteiger partial charge in [-0.2, -0.15) is 0 Å². The molecule has 0 saturated carbocycles. The number of hydrogen-bond acceptors (Lipinski definition) is 17. The minimum absolute atomic E-state index is 0.00204. The summed E-state index contributed by atoms with van der Waals surface area (Å²) in [6, 6.07) is -14.9. The van der Waals surface area contributed by atoms with Crippen LogP contribution in [0.2, 0.25) is 0 Å². The summed E-state index contributed by atoms with van der Waals surface area (Å²) in [5, 5.41) is 60.6. The van der Waals surface area contributed by atoms with Gasteiger partial charge >= 0.3 is 17.9 Å². The lowest BCUT2D eigenvalue weighted by Crippen LogP contribution is -2.61. The smallest absolute Gasteiger partial charge is 0.326 e. The van der Waals surface area contributed by atoms with Crippen molar-refractivity contribution >= 4 is 77.0 Å². The Morgan fingerprint density at radius 3 is 1.25 bits per heavy atom. The number of carbonyl (C=O) groups is 13. The number of rotatable bonds is 41. The fourth-order valence-electron chi connectivity index (χ4n) is 7.79. The third kappa shape index (κ3) is 28.7. The van der Waals surface area contributed by atoms with Gasteiger partial charge in [-0.25, -0.2) is 4.79 Å². The van der Waals surface area contributed by atoms with Gasteiger partial charge in [0.1, 0.15) is 54.4 Å². The van der Waals surface area contributed by atoms with Crippen molar-refractivity contribution < 1.29 is 82.8 Å². The molecule has 21 N–H and O–H groups in total. The Hall–Kier alpha value is -7.05. The minimum atomic E-state index is -1.79. The lowest BCUT2D eigenvalue weighted by molar-refractivity contribution is -0.144. The highest BCUT2D eigenvalue weighted by Gasteiger charge is 2.37. The second kappa shape index (κ2) is 37.8. The van der Waals surface area contributed by atoms with Crippen LogP contribution in [0.1, 0.15) is 139 Å². The van der Waals surface area contributed by atoms with E-state index in [0.717, 1.165) is 6.92 Å². The molecule has 0 unspecified atom stereocenters. The van der Waals surface area contributed by atoms with Gasteiger partial charge in [-0.1, -0.05) is 48.0 Å². The number of unbranched alkanes of at least 4 members (excludes halogenated alkanes) is 2. The summed E-state index contributed by atoms with van der Waals surface area (Å²) in [5.41, 5.74) is 22.3. The Balaban J connectivity index is 6.63. The predicted molar refractivity (Wildman–Crippen MR) is 287 cm³/mol. The van der Waals surface area contributed by atoms with Gasteiger partial charge in [-0.05, 0) is 102 Å². The quantitative estimate of drug-likeness (QED) is 0.0258. The van der Waals surface area contributed by atoms with E-state index in [1.165, 1.54) is 6.92 Å². The first kappa shape index (κ1) is 73.0. The van der Waals surface area contributed by atoms with Gasteiger partial charge in [0.05, 0.1) is 25.0 Å². The van der Waals surface area contributed by atoms with Crippen LogP contribution >= 0.6 is 0 Å². The Labute approximate surface area is 465 Å². The molecule has 30 heteroatoms. The highest BCUT2D eigenvalue weighted by atomic mass is 16.4. The maximum absolute atomic E-state index is 14.2. The zero-order valence-electron chi connectivity index (χ0n) is 47.1. The zero-order valence-corrected chi connectivity index (χ0v) is 47.1. The van der Waals surface area contributed by atoms with Crippen molar-refractivity contribution in [1.82, 2.24) is 47.9 Å². The third-order valence-electron chi connectivity index (χ3n) is 12.5. The molecule has 0 spiro atoms. The first-order valence-electron chi connectivity index (χ1n) is 26.8. The molecule has 456 valence electrons. The summed E-state index contributed by atoms with van der Waals surface area (Å²) >= 11 is 0. The molecule has 0 aliphatic rings. The normalized spacial score (nSPS) is 15.7. The van der Waals surface area contributed by atoms with E-state index in [4.69, 9.17) is 28.0 Å². The van der Waals surface area contributed by atoms with E-state index in [-0.39, 0.29) is 57.0 Å². The Kier molecular flexibility index (Phi) is 34.4. The van der Waals surface area contributed by atoms with E-state index < -0.39 is 175 Å². The molecule has 0 aromatic heterocycles. The fraction of sp³-hybridized carbons (Fsp3) is 0.740. The van der Waals surface area contributed by atoms with Crippen LogP contribution in [0.25, 0.3) is 0 Å². The summed E-state index contributed by atoms with van der Waals surface area (Å²) in [6.07, 6.45) is -2.65. The molecule has 0 heterocycles. The summed E-state index contributed by atoms with van der Waals surface area (Å²) in [4.78, 5) is 169. The van der Waals surface area contributed by atoms with Crippen LogP contribution < -0.4 is 70.8 Å². The van der Waals surface area contributed by atoms with Gasteiger partial charge in [0.15, 0.2) is 0 Å². The van der Waals surface area contributed by atoms with Gasteiger partial charge in [-0.3, -0.25) is 57.5 Å². The summed E-state index contributed by atoms with van der Waals surface area (Å²) in [7, 11) is 0. The molecule has 0 aromatic rings. The first-order valence-corrected chi connectivity index (χ1v) is 26.8. The third-order valence-corrected chi connectivity index (χ3v) is 12.5. The zero-order chi connectivity index (χ0) is 61.6. The van der Waals surface area contributed by atoms with Gasteiger partial charge in [0, 0.05) is 6.42 Å². The summed E-state index contributed by atoms with van der Waals surface area (Å²) in [6.45, 7) is 13.0. The van der Waals surface area contributed by atoms with Crippen molar-refractivity contribution in [1.29, 1.82) is 0 Å². The maximum atomic E-state index is 14.2. The SMILES string of the molecule is CC[C@H](C)[C@H](NC(=O)[C@@H](N)CC(N)=O)C(=O)N[C@@H](CC(=O)O)C(=O)N[C@@H](C)C(=O)N[C@@H](CC(C)C)C(=O)N[C@@H](CC(C)C)C(=O)N[C@@H](CCCCN)C(=O)N[C@@H](CCCCN)C(=O)N[C@H](C(=O)N[C@@H](CCC(=O)O)C(=O)O)[C@@H](C)O. The van der Waals surface area contributed by atoms with Crippen LogP contribution in [0.5, 0.6) is 0 Å². The van der Waals surface area contributed by atoms with E-state index in [1.54, 1.807) is 41.5 Å². The molecular formula is C50H89N13O17. The Morgan fingerprint density at radius 2 is 0.838 bits per heavy atom. The number of carboxylic acids is 3. The molecule has 30 nitrogen and oxygen atoms in total. The number of carbonyl (C=O) groups excluding carboxylic acids is 10. The van der Waals surface area contributed by atoms with Crippen LogP contribution in [-0.4, -0.2) is 177 Å². The van der Waals surface area contributed by atoms with E-state index >= 15 is 0 Å². The van der Waals surface area contributed by atoms with Gasteiger partial charge < -0.3 is 91.2 Å². The van der Waals surface area contributed by atoms with Crippen LogP contribution in [0.15, 0.2) is 0 Å². The van der Waals surface area contributed by atoms with Crippen molar-refractivity contribution in [2.75, 3.05) is 13.1 Å². The highest BCUT2D eigenvalue weighted by Crippen LogP contribution is 2.14. The average Bonchev–Trinajstić information content (AvgIpc) is 3.35. The summed E-state index contributed by atoms with van der Waals surface area (Å²) in [5.74, 6) is -15.0. The second-order valence-electron chi connectivity index (χ2n) is 20.7. The predicted octanol–water partition coefficient (Wildman–Crippen LogP) is -4.23. The van der Waals surface area contributed by atoms with E-state index in [2.05, 4.69) is 47.9 Å². The molecule has 0 bridgehead atoms. The van der Waals surface area contributed by atoms with Crippen LogP contribution in [0.4, 0.5) is 0 Å². The Morgan fingerprint density at radius 1 is 0.438 bits per heavy atom. The van der Waals surface area contributed by atoms with Crippen molar-refractivity contribution in [3.8, 4) is 0 Å². The standard InChI is InChI=1S/C50H89N13O17/c1-9-26(6)39(62-42(71)29(53)22-36(54)65)48(77)61-35(23-38(68)69)45(74)55-27(7)41(70)59-33(20-24(2)3)47(76)60-34(21-25(4)5)46(75)57-30(14-10-12-18-51)43(72)56-31(15-11-13-19-52)44(73)63-40(28(8)64)49(78)58-32(50(79)80)16-17-37(66)67/h24-35,39-40,64H,9-23,51-53H2,1-8H3,(H2,54,65)(H,55,74)(H,56,72)(H,57,75)(H,58,78)(H,59,70)(H,60,76)(H,61,77)(H,62,71)(H,63,73)(H,66,67)(H,68,69)(H,79,80)/t26-,27-,28+,29-,30-,31-,32-,33-,34-,35-,39-,40-/m0/s1. The van der Waals surface area contributed by atoms with Crippen LogP contribution in [0, 0.1) is 17.8 Å². The molecule has 0 rings (SSSR count). The number of nitrogens with one attached hydrogen (secondary N) is 9. The molecule has 0 fully saturated rings. The molecule has 0 aliphatic carbocycles. The summed E-state index contributed by atoms with van der Waals surface area (Å²) < 4.78 is 0. The van der Waals surface area contributed by atoms with Crippen LogP contribution in [-0.2, 0) is 62.3 Å². The number of aliphatic carboxylic acids is 3. The van der Waals surface area contributed by atoms with Crippen molar-refractivity contribution in [2.24, 2.45) is 40.7 Å². The number of primary amides is 1. The maximum Gasteiger partial charge on any atom is 0.326 e. The molecule has 0 saturated heterocycles. The first-order chi connectivity index (χ1) is 37.3. The average molecular weight is 1140 g/mol. The number of aliphatic hydroxyl groups is 1. The van der Waals surface area contributed by atoms with Gasteiger partial charge in [0.2, 0.25) is 59.1 Å². The van der Waals surface area contributed by atoms with Crippen molar-refractivity contribution in [3.63, 3.8) is 0 Å². The van der Waals surface area contributed by atoms with E-state index in [9.17, 15) is 77.6 Å². The van der Waals surface area contributed by atoms with Gasteiger partial charge in [0.25, 0.3) is 0 Å². The largest absolute Gasteiger partial charge is 0.481 e. The molecule has 12 atom stereocenters. The molecular weight excluding hydrogens is 1050 g/mol. The molecule has 80 heavy (non-hydrogen) atoms. The number of carboxylic acid groups (broad SMARTS) is 3. The Bertz CT molecular complexity index is 2110. The van der Waals surface area contributed by atoms with Crippen molar-refractivity contribution in [2.45, 2.75) is 205 Å². The molecule has 0 radical (unpaired) electrons. The minimum Gasteiger partial charge on any atom is -0.481 e. The molecule has 0 aliphatic heterocycles. The molecule has 10 amide bonds. The lowest BCUT2D eigenvalue weighted by Gasteiger charge is -2.29. The molecule has 0 aromatic carbocycles. The highest BCUT2D eigenvalue weighted by molar-refractivity contribution is 5.99. The second-order valence-corrected chi connectivity index (χ2v) is 20.7. The number of hydrogen-bond donors (Lipinski definition) is 17. The number of aliphatic hydroxyl groups excluding tert-OH is 1. The lowest BCUT2D eigenvalue weighted by atomic mass is 9.97.